The summed E-state index contributed by atoms with van der Waals surface area (Å²) in [7, 11) is 1.76. The summed E-state index contributed by atoms with van der Waals surface area (Å²) in [4.78, 5) is 2.49. The van der Waals surface area contributed by atoms with Gasteiger partial charge in [0.1, 0.15) is 11.5 Å². The molecule has 1 saturated carbocycles. The van der Waals surface area contributed by atoms with Gasteiger partial charge in [-0.1, -0.05) is 6.92 Å². The molecule has 1 aliphatic carbocycles. The molecule has 1 fully saturated rings. The Bertz CT molecular complexity index is 428. The van der Waals surface area contributed by atoms with E-state index in [4.69, 9.17) is 14.9 Å². The first-order valence-electron chi connectivity index (χ1n) is 8.15. The van der Waals surface area contributed by atoms with E-state index in [9.17, 15) is 0 Å². The maximum absolute atomic E-state index is 6.45. The van der Waals surface area contributed by atoms with Gasteiger partial charge in [-0.3, -0.25) is 4.90 Å². The van der Waals surface area contributed by atoms with E-state index in [-0.39, 0.29) is 12.1 Å². The zero-order valence-electron chi connectivity index (χ0n) is 13.8. The van der Waals surface area contributed by atoms with Crippen LogP contribution in [0.15, 0.2) is 16.5 Å². The lowest BCUT2D eigenvalue weighted by Crippen LogP contribution is -2.47. The van der Waals surface area contributed by atoms with Crippen LogP contribution in [0.5, 0.6) is 0 Å². The van der Waals surface area contributed by atoms with Gasteiger partial charge in [0.25, 0.3) is 0 Å². The summed E-state index contributed by atoms with van der Waals surface area (Å²) >= 11 is 0. The standard InChI is InChI=1S/C17H30N2O2/c1-5-15(18)17(16-9-6-12(2)21-16)19(10-11-20-4)13(3)14-7-8-14/h6,9,13-15,17H,5,7-8,10-11,18H2,1-4H3. The molecular formula is C17H30N2O2. The number of nitrogens with zero attached hydrogens (tertiary/aromatic N) is 1. The number of hydrogen-bond acceptors (Lipinski definition) is 4. The van der Waals surface area contributed by atoms with Crippen molar-refractivity contribution in [2.45, 2.75) is 58.2 Å². The van der Waals surface area contributed by atoms with Crippen molar-refractivity contribution in [2.75, 3.05) is 20.3 Å². The van der Waals surface area contributed by atoms with Gasteiger partial charge in [0.2, 0.25) is 0 Å². The predicted molar refractivity (Wildman–Crippen MR) is 85.2 cm³/mol. The minimum absolute atomic E-state index is 0.0774. The topological polar surface area (TPSA) is 51.6 Å². The highest BCUT2D eigenvalue weighted by atomic mass is 16.5. The van der Waals surface area contributed by atoms with Crippen LogP contribution in [-0.2, 0) is 4.74 Å². The summed E-state index contributed by atoms with van der Waals surface area (Å²) in [5.41, 5.74) is 6.45. The fourth-order valence-electron chi connectivity index (χ4n) is 3.10. The van der Waals surface area contributed by atoms with Crippen molar-refractivity contribution >= 4 is 0 Å². The first-order chi connectivity index (χ1) is 10.1. The maximum Gasteiger partial charge on any atom is 0.122 e. The van der Waals surface area contributed by atoms with Crippen LogP contribution in [0.2, 0.25) is 0 Å². The van der Waals surface area contributed by atoms with Gasteiger partial charge in [0.15, 0.2) is 0 Å². The molecule has 0 aromatic carbocycles. The highest BCUT2D eigenvalue weighted by molar-refractivity contribution is 5.13. The zero-order chi connectivity index (χ0) is 15.4. The molecule has 3 unspecified atom stereocenters. The quantitative estimate of drug-likeness (QED) is 0.760. The van der Waals surface area contributed by atoms with Gasteiger partial charge in [0.05, 0.1) is 12.6 Å². The van der Waals surface area contributed by atoms with E-state index in [2.05, 4.69) is 24.8 Å². The van der Waals surface area contributed by atoms with Crippen molar-refractivity contribution in [3.8, 4) is 0 Å². The molecule has 0 amide bonds. The van der Waals surface area contributed by atoms with E-state index in [1.165, 1.54) is 12.8 Å². The molecule has 4 nitrogen and oxygen atoms in total. The summed E-state index contributed by atoms with van der Waals surface area (Å²) in [6, 6.07) is 4.84. The minimum Gasteiger partial charge on any atom is -0.465 e. The number of aryl methyl sites for hydroxylation is 1. The maximum atomic E-state index is 6.45. The summed E-state index contributed by atoms with van der Waals surface area (Å²) in [6.45, 7) is 8.07. The predicted octanol–water partition coefficient (Wildman–Crippen LogP) is 3.11. The van der Waals surface area contributed by atoms with Crippen LogP contribution < -0.4 is 5.73 Å². The summed E-state index contributed by atoms with van der Waals surface area (Å²) < 4.78 is 11.2. The number of furan rings is 1. The summed E-state index contributed by atoms with van der Waals surface area (Å²) in [5.74, 6) is 2.74. The molecule has 0 aliphatic heterocycles. The molecule has 1 aliphatic rings. The van der Waals surface area contributed by atoms with Crippen LogP contribution in [0.3, 0.4) is 0 Å². The molecule has 4 heteroatoms. The molecular weight excluding hydrogens is 264 g/mol. The third-order valence-corrected chi connectivity index (χ3v) is 4.67. The van der Waals surface area contributed by atoms with E-state index >= 15 is 0 Å². The molecule has 120 valence electrons. The Hall–Kier alpha value is -0.840. The average molecular weight is 294 g/mol. The van der Waals surface area contributed by atoms with Crippen molar-refractivity contribution in [3.63, 3.8) is 0 Å². The van der Waals surface area contributed by atoms with Crippen LogP contribution in [0.25, 0.3) is 0 Å². The molecule has 1 aromatic heterocycles. The smallest absolute Gasteiger partial charge is 0.122 e. The SMILES string of the molecule is CCC(N)C(c1ccc(C)o1)N(CCOC)C(C)C1CC1. The van der Waals surface area contributed by atoms with Gasteiger partial charge < -0.3 is 14.9 Å². The third kappa shape index (κ3) is 4.09. The Labute approximate surface area is 128 Å². The molecule has 0 spiro atoms. The van der Waals surface area contributed by atoms with Gasteiger partial charge in [-0.2, -0.15) is 0 Å². The van der Waals surface area contributed by atoms with Crippen LogP contribution in [0, 0.1) is 12.8 Å². The molecule has 3 atom stereocenters. The zero-order valence-corrected chi connectivity index (χ0v) is 13.8. The van der Waals surface area contributed by atoms with Crippen molar-refractivity contribution in [1.29, 1.82) is 0 Å². The Balaban J connectivity index is 2.24. The Morgan fingerprint density at radius 1 is 1.43 bits per heavy atom. The fourth-order valence-corrected chi connectivity index (χ4v) is 3.10. The second-order valence-electron chi connectivity index (χ2n) is 6.27. The second kappa shape index (κ2) is 7.43. The summed E-state index contributed by atoms with van der Waals surface area (Å²) in [6.07, 6.45) is 3.59. The van der Waals surface area contributed by atoms with Crippen LogP contribution in [0.4, 0.5) is 0 Å². The Morgan fingerprint density at radius 3 is 2.62 bits per heavy atom. The Kier molecular flexibility index (Phi) is 5.85. The van der Waals surface area contributed by atoms with Gasteiger partial charge in [-0.25, -0.2) is 0 Å². The molecule has 1 aromatic rings. The first kappa shape index (κ1) is 16.5. The fraction of sp³-hybridized carbons (Fsp3) is 0.765. The van der Waals surface area contributed by atoms with Crippen molar-refractivity contribution in [2.24, 2.45) is 11.7 Å². The van der Waals surface area contributed by atoms with Crippen molar-refractivity contribution in [3.05, 3.63) is 23.7 Å². The van der Waals surface area contributed by atoms with E-state index in [0.717, 1.165) is 37.0 Å². The molecule has 0 bridgehead atoms. The number of methoxy groups -OCH3 is 1. The first-order valence-corrected chi connectivity index (χ1v) is 8.15. The monoisotopic (exact) mass is 294 g/mol. The molecule has 0 saturated heterocycles. The number of nitrogens with two attached hydrogens (primary N) is 1. The number of ether oxygens (including phenoxy) is 1. The molecule has 0 radical (unpaired) electrons. The van der Waals surface area contributed by atoms with Gasteiger partial charge >= 0.3 is 0 Å². The van der Waals surface area contributed by atoms with E-state index in [1.807, 2.05) is 13.0 Å². The van der Waals surface area contributed by atoms with Crippen molar-refractivity contribution in [1.82, 2.24) is 4.90 Å². The van der Waals surface area contributed by atoms with Crippen molar-refractivity contribution < 1.29 is 9.15 Å². The van der Waals surface area contributed by atoms with E-state index in [0.29, 0.717) is 6.04 Å². The minimum atomic E-state index is 0.0774. The van der Waals surface area contributed by atoms with Gasteiger partial charge in [-0.05, 0) is 51.2 Å². The molecule has 1 heterocycles. The molecule has 2 rings (SSSR count). The third-order valence-electron chi connectivity index (χ3n) is 4.67. The van der Waals surface area contributed by atoms with E-state index in [1.54, 1.807) is 7.11 Å². The van der Waals surface area contributed by atoms with Crippen LogP contribution in [-0.4, -0.2) is 37.2 Å². The molecule has 21 heavy (non-hydrogen) atoms. The van der Waals surface area contributed by atoms with Gasteiger partial charge in [0, 0.05) is 25.7 Å². The lowest BCUT2D eigenvalue weighted by atomic mass is 9.99. The highest BCUT2D eigenvalue weighted by Crippen LogP contribution is 2.39. The number of rotatable bonds is 9. The second-order valence-corrected chi connectivity index (χ2v) is 6.27. The number of hydrogen-bond donors (Lipinski definition) is 1. The van der Waals surface area contributed by atoms with E-state index < -0.39 is 0 Å². The Morgan fingerprint density at radius 2 is 2.14 bits per heavy atom. The summed E-state index contributed by atoms with van der Waals surface area (Å²) in [5, 5.41) is 0. The molecule has 2 N–H and O–H groups in total. The normalized spacial score (nSPS) is 19.7. The average Bonchev–Trinajstić information content (AvgIpc) is 3.24. The van der Waals surface area contributed by atoms with Crippen LogP contribution in [0.1, 0.15) is 50.7 Å². The largest absolute Gasteiger partial charge is 0.465 e. The van der Waals surface area contributed by atoms with Gasteiger partial charge in [-0.15, -0.1) is 0 Å². The lowest BCUT2D eigenvalue weighted by Gasteiger charge is -2.38. The van der Waals surface area contributed by atoms with Crippen LogP contribution >= 0.6 is 0 Å². The highest BCUT2D eigenvalue weighted by Gasteiger charge is 2.38. The lowest BCUT2D eigenvalue weighted by molar-refractivity contribution is 0.0588.